The number of aliphatic hydroxyl groups is 1. The molecule has 3 rings (SSSR count). The highest BCUT2D eigenvalue weighted by atomic mass is 32.1. The minimum absolute atomic E-state index is 0.0141. The van der Waals surface area contributed by atoms with Gasteiger partial charge in [0.2, 0.25) is 59.1 Å². The van der Waals surface area contributed by atoms with Gasteiger partial charge in [-0.05, 0) is 75.1 Å². The number of carboxylic acids is 4. The number of aliphatic carboxylic acids is 4. The molecule has 0 unspecified atom stereocenters. The Bertz CT molecular complexity index is 2960. The lowest BCUT2D eigenvalue weighted by molar-refractivity contribution is -0.150. The summed E-state index contributed by atoms with van der Waals surface area (Å²) < 4.78 is 0. The quantitative estimate of drug-likeness (QED) is 0.0128. The van der Waals surface area contributed by atoms with Gasteiger partial charge in [-0.2, -0.15) is 25.3 Å². The number of likely N-dealkylation sites (tertiary alicyclic amines) is 1. The number of rotatable bonds is 40. The third-order valence-electron chi connectivity index (χ3n) is 14.1. The summed E-state index contributed by atoms with van der Waals surface area (Å²) in [4.78, 5) is 190. The fourth-order valence-electron chi connectivity index (χ4n) is 9.05. The van der Waals surface area contributed by atoms with Crippen LogP contribution in [0.2, 0.25) is 0 Å². The Hall–Kier alpha value is -9.29. The van der Waals surface area contributed by atoms with Crippen LogP contribution >= 0.6 is 25.3 Å². The van der Waals surface area contributed by atoms with E-state index in [0.29, 0.717) is 17.5 Å². The van der Waals surface area contributed by atoms with E-state index in [1.165, 1.54) is 31.2 Å². The summed E-state index contributed by atoms with van der Waals surface area (Å²) in [7, 11) is 0. The zero-order chi connectivity index (χ0) is 68.8. The van der Waals surface area contributed by atoms with Crippen molar-refractivity contribution in [3.05, 3.63) is 65.7 Å². The van der Waals surface area contributed by atoms with Crippen LogP contribution in [0.1, 0.15) is 82.3 Å². The Morgan fingerprint density at radius 1 is 0.533 bits per heavy atom. The Kier molecular flexibility index (Phi) is 32.7. The summed E-state index contributed by atoms with van der Waals surface area (Å²) >= 11 is 8.31. The Morgan fingerprint density at radius 3 is 1.37 bits per heavy atom. The van der Waals surface area contributed by atoms with Crippen molar-refractivity contribution in [1.29, 1.82) is 0 Å². The molecular weight excluding hydrogens is 1250 g/mol. The standard InChI is InChI=1S/C56H80N14O20S2/c1-28(45(79)65-36(17-20-44(77)78)54(88)70-22-6-10-41(70)55(89)90)61-52(86)39(26-91)69-53(87)40(27-92)68-49(83)35(16-19-43(75)76)64-50(84)38(24-30-11-13-31(72)14-12-30)67-51(85)37(23-29-7-3-2-4-8-29)66-47(81)33(9-5-21-60-56(58)59)63-48(82)34(15-18-42(73)74)62-46(80)32(57)25-71/h2-4,7-8,11-14,28,32-41,71-72,91-92H,5-6,9-10,15-27,57H2,1H3,(H,61,86)(H,62,80)(H,63,82)(H,64,84)(H,65,79)(H,66,81)(H,67,85)(H,68,83)(H,69,87)(H,73,74)(H,75,76)(H,77,78)(H,89,90)(H4,58,59,60)/t28-,32-,33-,34-,35-,36-,37-,38-,39-,40-,41-/m0/s1. The molecule has 1 aliphatic rings. The van der Waals surface area contributed by atoms with E-state index in [1.54, 1.807) is 30.3 Å². The number of carbonyl (C=O) groups excluding carboxylic acids is 10. The van der Waals surface area contributed by atoms with Crippen LogP contribution in [0.4, 0.5) is 0 Å². The monoisotopic (exact) mass is 1330 g/mol. The van der Waals surface area contributed by atoms with E-state index in [-0.39, 0.29) is 50.5 Å². The largest absolute Gasteiger partial charge is 0.508 e. The molecule has 11 atom stereocenters. The summed E-state index contributed by atoms with van der Waals surface area (Å²) in [6.07, 6.45) is -4.00. The Balaban J connectivity index is 1.93. The number of thiol groups is 2. The lowest BCUT2D eigenvalue weighted by Crippen LogP contribution is -2.61. The van der Waals surface area contributed by atoms with Crippen molar-refractivity contribution in [2.75, 3.05) is 31.2 Å². The van der Waals surface area contributed by atoms with Crippen LogP contribution in [-0.4, -0.2) is 222 Å². The highest BCUT2D eigenvalue weighted by molar-refractivity contribution is 7.80. The first-order valence-corrected chi connectivity index (χ1v) is 30.1. The molecule has 1 fully saturated rings. The molecular formula is C56H80N14O20S2. The van der Waals surface area contributed by atoms with Gasteiger partial charge in [-0.3, -0.25) is 67.3 Å². The fourth-order valence-corrected chi connectivity index (χ4v) is 9.57. The lowest BCUT2D eigenvalue weighted by Gasteiger charge is -2.28. The summed E-state index contributed by atoms with van der Waals surface area (Å²) in [6, 6.07) is -3.77. The van der Waals surface area contributed by atoms with Crippen LogP contribution in [0, 0.1) is 0 Å². The number of nitrogens with one attached hydrogen (secondary N) is 9. The summed E-state index contributed by atoms with van der Waals surface area (Å²) in [6.45, 7) is 0.307. The van der Waals surface area contributed by atoms with Crippen LogP contribution in [0.3, 0.4) is 0 Å². The number of nitrogens with zero attached hydrogens (tertiary/aromatic N) is 2. The number of phenolic OH excluding ortho intramolecular Hbond substituents is 1. The number of hydrogen-bond acceptors (Lipinski definition) is 20. The van der Waals surface area contributed by atoms with Gasteiger partial charge < -0.3 is 101 Å². The number of aliphatic hydroxyl groups excluding tert-OH is 1. The summed E-state index contributed by atoms with van der Waals surface area (Å²) in [5.41, 5.74) is 17.3. The van der Waals surface area contributed by atoms with Crippen molar-refractivity contribution < 1.29 is 97.8 Å². The maximum Gasteiger partial charge on any atom is 0.326 e. The average Bonchev–Trinajstić information content (AvgIpc) is 1.59. The van der Waals surface area contributed by atoms with Gasteiger partial charge in [0.05, 0.1) is 6.61 Å². The second-order valence-corrected chi connectivity index (χ2v) is 21.9. The van der Waals surface area contributed by atoms with E-state index in [0.717, 1.165) is 4.90 Å². The molecule has 0 aliphatic carbocycles. The zero-order valence-corrected chi connectivity index (χ0v) is 51.8. The van der Waals surface area contributed by atoms with Crippen molar-refractivity contribution in [1.82, 2.24) is 52.8 Å². The molecule has 0 spiro atoms. The highest BCUT2D eigenvalue weighted by Crippen LogP contribution is 2.20. The van der Waals surface area contributed by atoms with Gasteiger partial charge in [-0.1, -0.05) is 42.5 Å². The summed E-state index contributed by atoms with van der Waals surface area (Å²) in [5.74, 6) is -17.2. The zero-order valence-electron chi connectivity index (χ0n) is 50.0. The number of aromatic hydroxyl groups is 1. The predicted molar refractivity (Wildman–Crippen MR) is 331 cm³/mol. The lowest BCUT2D eigenvalue weighted by atomic mass is 10.0. The van der Waals surface area contributed by atoms with Crippen molar-refractivity contribution >= 4 is 114 Å². The number of amides is 10. The predicted octanol–water partition coefficient (Wildman–Crippen LogP) is -5.54. The van der Waals surface area contributed by atoms with Crippen molar-refractivity contribution in [2.45, 2.75) is 150 Å². The van der Waals surface area contributed by atoms with Gasteiger partial charge in [0.1, 0.15) is 72.2 Å². The molecule has 506 valence electrons. The third kappa shape index (κ3) is 26.7. The average molecular weight is 1330 g/mol. The van der Waals surface area contributed by atoms with Crippen molar-refractivity contribution in [3.63, 3.8) is 0 Å². The van der Waals surface area contributed by atoms with Gasteiger partial charge in [0.15, 0.2) is 5.96 Å². The van der Waals surface area contributed by atoms with Gasteiger partial charge in [-0.15, -0.1) is 0 Å². The molecule has 21 N–H and O–H groups in total. The molecule has 2 aromatic carbocycles. The molecule has 10 amide bonds. The highest BCUT2D eigenvalue weighted by Gasteiger charge is 2.40. The maximum atomic E-state index is 14.7. The first-order valence-electron chi connectivity index (χ1n) is 28.9. The van der Waals surface area contributed by atoms with E-state index >= 15 is 0 Å². The molecule has 0 bridgehead atoms. The molecule has 1 heterocycles. The number of carboxylic acid groups (broad SMARTS) is 4. The second-order valence-electron chi connectivity index (χ2n) is 21.2. The molecule has 36 heteroatoms. The molecule has 2 aromatic rings. The van der Waals surface area contributed by atoms with E-state index in [2.05, 4.69) is 78.1 Å². The first kappa shape index (κ1) is 77.0. The third-order valence-corrected chi connectivity index (χ3v) is 14.8. The maximum absolute atomic E-state index is 14.7. The minimum atomic E-state index is -1.80. The van der Waals surface area contributed by atoms with E-state index in [1.807, 2.05) is 0 Å². The van der Waals surface area contributed by atoms with Gasteiger partial charge in [-0.25, -0.2) is 4.79 Å². The van der Waals surface area contributed by atoms with Crippen molar-refractivity contribution in [3.8, 4) is 5.75 Å². The SMILES string of the molecule is C[C@H](NC(=O)[C@H](CS)NC(=O)[C@H](CS)NC(=O)[C@H](CCC(=O)O)NC(=O)[C@H](Cc1ccc(O)cc1)NC(=O)[C@H](Cc1ccccc1)NC(=O)[C@H](CCCN=C(N)N)NC(=O)[C@H](CCC(=O)O)NC(=O)[C@@H](N)CO)C(=O)N[C@@H](CCC(=O)O)C(=O)N1CCC[C@H]1C(=O)O. The van der Waals surface area contributed by atoms with Crippen molar-refractivity contribution in [2.24, 2.45) is 22.2 Å². The van der Waals surface area contributed by atoms with Gasteiger partial charge >= 0.3 is 23.9 Å². The Morgan fingerprint density at radius 2 is 0.924 bits per heavy atom. The molecule has 1 aliphatic heterocycles. The number of guanidine groups is 1. The summed E-state index contributed by atoms with van der Waals surface area (Å²) in [5, 5.41) is 79.2. The number of hydrogen-bond donors (Lipinski definition) is 20. The molecule has 0 aromatic heterocycles. The van der Waals surface area contributed by atoms with Crippen LogP contribution in [0.5, 0.6) is 5.75 Å². The van der Waals surface area contributed by atoms with Gasteiger partial charge in [0.25, 0.3) is 0 Å². The second kappa shape index (κ2) is 39.1. The van der Waals surface area contributed by atoms with E-state index in [9.17, 15) is 97.8 Å². The molecule has 92 heavy (non-hydrogen) atoms. The number of aliphatic imine (C=N–C) groups is 1. The van der Waals surface area contributed by atoms with Crippen LogP contribution in [-0.2, 0) is 80.0 Å². The molecule has 0 radical (unpaired) electrons. The topological polar surface area (TPSA) is 562 Å². The minimum Gasteiger partial charge on any atom is -0.508 e. The number of phenols is 1. The smallest absolute Gasteiger partial charge is 0.326 e. The Labute approximate surface area is 538 Å². The number of benzene rings is 2. The fraction of sp³-hybridized carbons (Fsp3) is 0.518. The number of carbonyl (C=O) groups is 14. The molecule has 1 saturated heterocycles. The van der Waals surface area contributed by atoms with E-state index < -0.39 is 212 Å². The van der Waals surface area contributed by atoms with Gasteiger partial charge in [0, 0.05) is 56.7 Å². The number of nitrogens with two attached hydrogens (primary N) is 3. The first-order chi connectivity index (χ1) is 43.5. The van der Waals surface area contributed by atoms with Crippen LogP contribution in [0.15, 0.2) is 59.6 Å². The normalized spacial score (nSPS) is 15.8. The molecule has 0 saturated carbocycles. The van der Waals surface area contributed by atoms with Crippen LogP contribution in [0.25, 0.3) is 0 Å². The van der Waals surface area contributed by atoms with Crippen LogP contribution < -0.4 is 65.1 Å². The van der Waals surface area contributed by atoms with E-state index in [4.69, 9.17) is 17.2 Å². The molecule has 34 nitrogen and oxygen atoms in total.